The normalized spacial score (nSPS) is 15.9. The Kier molecular flexibility index (Phi) is 5.92. The number of hydrogen-bond acceptors (Lipinski definition) is 6. The third-order valence-corrected chi connectivity index (χ3v) is 6.06. The van der Waals surface area contributed by atoms with Crippen LogP contribution in [-0.2, 0) is 9.53 Å². The van der Waals surface area contributed by atoms with Gasteiger partial charge >= 0.3 is 5.97 Å². The number of carbonyl (C=O) groups excluding carboxylic acids is 3. The van der Waals surface area contributed by atoms with E-state index in [1.54, 1.807) is 42.6 Å². The quantitative estimate of drug-likeness (QED) is 0.424. The molecule has 0 radical (unpaired) electrons. The fourth-order valence-electron chi connectivity index (χ4n) is 3.80. The summed E-state index contributed by atoms with van der Waals surface area (Å²) in [5.41, 5.74) is 2.31. The standard InChI is InChI=1S/C25H21NO5S/c1-3-31-25(30)17-9-5-10-18(14-17)26-21(16-8-4-7-15(2)13-16)20(23(28)24(26)29)22(27)19-11-6-12-32-19/h4-14,21,28H,3H2,1-2H3. The number of anilines is 1. The molecule has 4 rings (SSSR count). The van der Waals surface area contributed by atoms with E-state index < -0.39 is 29.5 Å². The molecule has 0 spiro atoms. The van der Waals surface area contributed by atoms with Crippen molar-refractivity contribution in [2.45, 2.75) is 19.9 Å². The summed E-state index contributed by atoms with van der Waals surface area (Å²) in [7, 11) is 0. The maximum absolute atomic E-state index is 13.3. The number of ether oxygens (including phenoxy) is 1. The van der Waals surface area contributed by atoms with E-state index in [0.29, 0.717) is 16.1 Å². The van der Waals surface area contributed by atoms with Crippen molar-refractivity contribution in [1.29, 1.82) is 0 Å². The average molecular weight is 448 g/mol. The zero-order valence-electron chi connectivity index (χ0n) is 17.6. The SMILES string of the molecule is CCOC(=O)c1cccc(N2C(=O)C(O)=C(C(=O)c3cccs3)C2c2cccc(C)c2)c1. The smallest absolute Gasteiger partial charge is 0.338 e. The number of rotatable bonds is 6. The van der Waals surface area contributed by atoms with Gasteiger partial charge < -0.3 is 9.84 Å². The van der Waals surface area contributed by atoms with Crippen molar-refractivity contribution in [2.24, 2.45) is 0 Å². The average Bonchev–Trinajstić information content (AvgIpc) is 3.41. The van der Waals surface area contributed by atoms with Crippen molar-refractivity contribution >= 4 is 34.7 Å². The highest BCUT2D eigenvalue weighted by Gasteiger charge is 2.45. The van der Waals surface area contributed by atoms with Gasteiger partial charge in [0.25, 0.3) is 5.91 Å². The molecule has 1 aromatic heterocycles. The summed E-state index contributed by atoms with van der Waals surface area (Å²) in [4.78, 5) is 40.6. The number of ketones is 1. The minimum atomic E-state index is -0.838. The highest BCUT2D eigenvalue weighted by atomic mass is 32.1. The van der Waals surface area contributed by atoms with Gasteiger partial charge in [-0.1, -0.05) is 42.0 Å². The molecule has 1 aliphatic rings. The van der Waals surface area contributed by atoms with Crippen molar-refractivity contribution in [2.75, 3.05) is 11.5 Å². The van der Waals surface area contributed by atoms with Gasteiger partial charge in [0.1, 0.15) is 0 Å². The Balaban J connectivity index is 1.86. The number of aliphatic hydroxyl groups is 1. The largest absolute Gasteiger partial charge is 0.503 e. The number of amides is 1. The van der Waals surface area contributed by atoms with Crippen molar-refractivity contribution < 1.29 is 24.2 Å². The van der Waals surface area contributed by atoms with E-state index in [-0.39, 0.29) is 17.7 Å². The van der Waals surface area contributed by atoms with E-state index in [0.717, 1.165) is 5.56 Å². The van der Waals surface area contributed by atoms with Crippen LogP contribution in [0, 0.1) is 6.92 Å². The van der Waals surface area contributed by atoms with Crippen LogP contribution < -0.4 is 4.90 Å². The van der Waals surface area contributed by atoms with Gasteiger partial charge in [-0.2, -0.15) is 0 Å². The number of esters is 1. The predicted molar refractivity (Wildman–Crippen MR) is 122 cm³/mol. The molecule has 0 aliphatic carbocycles. The number of benzene rings is 2. The van der Waals surface area contributed by atoms with Gasteiger partial charge in [-0.05, 0) is 49.1 Å². The molecule has 162 valence electrons. The molecule has 0 bridgehead atoms. The third-order valence-electron chi connectivity index (χ3n) is 5.19. The van der Waals surface area contributed by atoms with Crippen molar-refractivity contribution in [3.05, 3.63) is 98.9 Å². The van der Waals surface area contributed by atoms with E-state index in [2.05, 4.69) is 0 Å². The highest BCUT2D eigenvalue weighted by Crippen LogP contribution is 2.42. The molecule has 3 aromatic rings. The van der Waals surface area contributed by atoms with Gasteiger partial charge in [0.2, 0.25) is 5.78 Å². The fourth-order valence-corrected chi connectivity index (χ4v) is 4.47. The molecule has 32 heavy (non-hydrogen) atoms. The molecule has 6 nitrogen and oxygen atoms in total. The first-order valence-corrected chi connectivity index (χ1v) is 11.0. The van der Waals surface area contributed by atoms with E-state index in [9.17, 15) is 19.5 Å². The predicted octanol–water partition coefficient (Wildman–Crippen LogP) is 5.02. The number of hydrogen-bond donors (Lipinski definition) is 1. The molecule has 7 heteroatoms. The Hall–Kier alpha value is -3.71. The zero-order chi connectivity index (χ0) is 22.8. The lowest BCUT2D eigenvalue weighted by molar-refractivity contribution is -0.117. The topological polar surface area (TPSA) is 83.9 Å². The molecular formula is C25H21NO5S. The Morgan fingerprint density at radius 3 is 2.56 bits per heavy atom. The summed E-state index contributed by atoms with van der Waals surface area (Å²) >= 11 is 1.24. The fraction of sp³-hybridized carbons (Fsp3) is 0.160. The van der Waals surface area contributed by atoms with Crippen LogP contribution in [0.5, 0.6) is 0 Å². The first-order valence-electron chi connectivity index (χ1n) is 10.1. The Morgan fingerprint density at radius 2 is 1.88 bits per heavy atom. The van der Waals surface area contributed by atoms with E-state index in [4.69, 9.17) is 4.74 Å². The zero-order valence-corrected chi connectivity index (χ0v) is 18.4. The lowest BCUT2D eigenvalue weighted by Crippen LogP contribution is -2.31. The molecule has 2 heterocycles. The number of aliphatic hydroxyl groups excluding tert-OH is 1. The van der Waals surface area contributed by atoms with Crippen LogP contribution in [0.2, 0.25) is 0 Å². The molecule has 1 N–H and O–H groups in total. The number of nitrogens with zero attached hydrogens (tertiary/aromatic N) is 1. The number of thiophene rings is 1. The third kappa shape index (κ3) is 3.83. The summed E-state index contributed by atoms with van der Waals surface area (Å²) in [6.07, 6.45) is 0. The molecule has 2 aromatic carbocycles. The van der Waals surface area contributed by atoms with Gasteiger partial charge in [-0.15, -0.1) is 11.3 Å². The van der Waals surface area contributed by atoms with Crippen LogP contribution in [0.25, 0.3) is 0 Å². The van der Waals surface area contributed by atoms with Gasteiger partial charge in [0, 0.05) is 5.69 Å². The van der Waals surface area contributed by atoms with Gasteiger partial charge in [-0.3, -0.25) is 14.5 Å². The molecule has 1 atom stereocenters. The van der Waals surface area contributed by atoms with E-state index in [1.165, 1.54) is 22.3 Å². The van der Waals surface area contributed by atoms with Crippen LogP contribution in [0.4, 0.5) is 5.69 Å². The molecule has 1 amide bonds. The molecule has 1 unspecified atom stereocenters. The molecule has 0 saturated heterocycles. The first kappa shape index (κ1) is 21.5. The summed E-state index contributed by atoms with van der Waals surface area (Å²) < 4.78 is 5.07. The summed E-state index contributed by atoms with van der Waals surface area (Å²) in [5.74, 6) is -2.20. The van der Waals surface area contributed by atoms with Crippen molar-refractivity contribution in [3.8, 4) is 0 Å². The summed E-state index contributed by atoms with van der Waals surface area (Å²) in [6.45, 7) is 3.85. The van der Waals surface area contributed by atoms with Gasteiger partial charge in [0.05, 0.1) is 28.7 Å². The molecular weight excluding hydrogens is 426 g/mol. The minimum absolute atomic E-state index is 0.0181. The van der Waals surface area contributed by atoms with Crippen LogP contribution >= 0.6 is 11.3 Å². The van der Waals surface area contributed by atoms with Gasteiger partial charge in [-0.25, -0.2) is 4.79 Å². The van der Waals surface area contributed by atoms with Crippen molar-refractivity contribution in [3.63, 3.8) is 0 Å². The minimum Gasteiger partial charge on any atom is -0.503 e. The number of Topliss-reactive ketones (excluding diaryl/α,β-unsaturated/α-hetero) is 1. The molecule has 1 aliphatic heterocycles. The second-order valence-electron chi connectivity index (χ2n) is 7.33. The number of carbonyl (C=O) groups is 3. The Labute approximate surface area is 189 Å². The molecule has 0 saturated carbocycles. The van der Waals surface area contributed by atoms with Crippen LogP contribution in [-0.4, -0.2) is 29.4 Å². The lowest BCUT2D eigenvalue weighted by atomic mass is 9.94. The highest BCUT2D eigenvalue weighted by molar-refractivity contribution is 7.12. The second-order valence-corrected chi connectivity index (χ2v) is 8.28. The first-order chi connectivity index (χ1) is 15.4. The Morgan fingerprint density at radius 1 is 1.09 bits per heavy atom. The van der Waals surface area contributed by atoms with Crippen molar-refractivity contribution in [1.82, 2.24) is 0 Å². The van der Waals surface area contributed by atoms with Crippen LogP contribution in [0.1, 0.15) is 44.1 Å². The van der Waals surface area contributed by atoms with Crippen LogP contribution in [0.3, 0.4) is 0 Å². The molecule has 0 fully saturated rings. The maximum atomic E-state index is 13.3. The summed E-state index contributed by atoms with van der Waals surface area (Å²) in [6, 6.07) is 16.4. The monoisotopic (exact) mass is 447 g/mol. The lowest BCUT2D eigenvalue weighted by Gasteiger charge is -2.27. The van der Waals surface area contributed by atoms with E-state index in [1.807, 2.05) is 31.2 Å². The summed E-state index contributed by atoms with van der Waals surface area (Å²) in [5, 5.41) is 12.6. The van der Waals surface area contributed by atoms with Gasteiger partial charge in [0.15, 0.2) is 5.76 Å². The Bertz CT molecular complexity index is 1230. The van der Waals surface area contributed by atoms with E-state index >= 15 is 0 Å². The van der Waals surface area contributed by atoms with Crippen LogP contribution in [0.15, 0.2) is 77.4 Å². The second kappa shape index (κ2) is 8.80. The maximum Gasteiger partial charge on any atom is 0.338 e. The number of aryl methyl sites for hydroxylation is 1.